The minimum absolute atomic E-state index is 0. The van der Waals surface area contributed by atoms with Crippen LogP contribution in [-0.4, -0.2) is 42.6 Å². The molecular weight excluding hydrogens is 264 g/mol. The zero-order valence-corrected chi connectivity index (χ0v) is 9.86. The van der Waals surface area contributed by atoms with Crippen LogP contribution in [0, 0.1) is 0 Å². The molecule has 0 amide bonds. The fourth-order valence-electron chi connectivity index (χ4n) is 0.476. The number of hydrogen-bond donors (Lipinski definition) is 0. The minimum atomic E-state index is 0. The molecule has 0 unspecified atom stereocenters. The first-order valence-electron chi connectivity index (χ1n) is 2.13. The summed E-state index contributed by atoms with van der Waals surface area (Å²) in [5.41, 5.74) is 0. The van der Waals surface area contributed by atoms with E-state index in [-0.39, 0.29) is 63.3 Å². The molecule has 0 N–H and O–H groups in total. The Labute approximate surface area is 92.4 Å². The smallest absolute Gasteiger partial charge is 1.00 e. The van der Waals surface area contributed by atoms with Crippen LogP contribution in [0.2, 0.25) is 0 Å². The van der Waals surface area contributed by atoms with Crippen LogP contribution in [0.3, 0.4) is 0 Å². The molecule has 2 nitrogen and oxygen atoms in total. The second-order valence-electron chi connectivity index (χ2n) is 1.31. The number of ether oxygens (including phenoxy) is 2. The molecule has 0 saturated carbocycles. The molecule has 1 rings (SSSR count). The minimum Gasteiger partial charge on any atom is -1.00 e. The van der Waals surface area contributed by atoms with Gasteiger partial charge >= 0.3 is 23.1 Å². The summed E-state index contributed by atoms with van der Waals surface area (Å²) >= 11 is 0. The zero-order chi connectivity index (χ0) is 4.41. The first kappa shape index (κ1) is 16.9. The molecule has 1 aliphatic heterocycles. The van der Waals surface area contributed by atoms with Gasteiger partial charge in [-0.05, 0) is 6.92 Å². The van der Waals surface area contributed by atoms with E-state index >= 15 is 0 Å². The van der Waals surface area contributed by atoms with E-state index in [0.29, 0.717) is 0 Å². The van der Waals surface area contributed by atoms with E-state index < -0.39 is 0 Å². The monoisotopic (exact) mass is 270 g/mol. The summed E-state index contributed by atoms with van der Waals surface area (Å²) in [5.74, 6) is 0. The average Bonchev–Trinajstić information content (AvgIpc) is 1.86. The van der Waals surface area contributed by atoms with Gasteiger partial charge in [0, 0.05) is 0 Å². The largest absolute Gasteiger partial charge is 2.00 e. The van der Waals surface area contributed by atoms with E-state index in [1.165, 1.54) is 0 Å². The Balaban J connectivity index is -0.000000120. The Morgan fingerprint density at radius 2 is 1.44 bits per heavy atom. The van der Waals surface area contributed by atoms with Gasteiger partial charge in [0.1, 0.15) is 0 Å². The molecule has 9 heavy (non-hydrogen) atoms. The predicted molar refractivity (Wildman–Crippen MR) is 27.1 cm³/mol. The maximum atomic E-state index is 4.93. The van der Waals surface area contributed by atoms with Gasteiger partial charge in [-0.2, -0.15) is 0 Å². The molecule has 0 radical (unpaired) electrons. The van der Waals surface area contributed by atoms with Crippen molar-refractivity contribution < 1.29 is 43.4 Å². The molecular formula is C4H8Br2MgO2. The van der Waals surface area contributed by atoms with Gasteiger partial charge in [-0.25, -0.2) is 0 Å². The maximum absolute atomic E-state index is 4.93. The third-order valence-electron chi connectivity index (χ3n) is 0.788. The molecule has 1 fully saturated rings. The topological polar surface area (TPSA) is 18.5 Å². The van der Waals surface area contributed by atoms with Crippen LogP contribution < -0.4 is 34.0 Å². The van der Waals surface area contributed by atoms with E-state index in [9.17, 15) is 0 Å². The molecule has 0 aliphatic carbocycles. The van der Waals surface area contributed by atoms with Gasteiger partial charge in [0.2, 0.25) is 0 Å². The van der Waals surface area contributed by atoms with Crippen LogP contribution >= 0.6 is 0 Å². The number of rotatable bonds is 0. The molecule has 52 valence electrons. The molecule has 1 aliphatic rings. The van der Waals surface area contributed by atoms with Crippen molar-refractivity contribution in [1.82, 2.24) is 0 Å². The van der Waals surface area contributed by atoms with E-state index in [4.69, 9.17) is 9.47 Å². The van der Waals surface area contributed by atoms with Crippen LogP contribution in [0.4, 0.5) is 0 Å². The fourth-order valence-corrected chi connectivity index (χ4v) is 0.476. The SMILES string of the molecule is CC1OCCO1.[Br-].[Br-].[Mg+2]. The fraction of sp³-hybridized carbons (Fsp3) is 1.00. The Bertz CT molecular complexity index is 49.8. The first-order valence-corrected chi connectivity index (χ1v) is 2.13. The standard InChI is InChI=1S/C4H8O2.2BrH.Mg/c1-4-5-2-3-6-4;;;/h4H,2-3H2,1H3;2*1H;/q;;;+2/p-2. The van der Waals surface area contributed by atoms with Crippen molar-refractivity contribution in [2.24, 2.45) is 0 Å². The van der Waals surface area contributed by atoms with Crippen LogP contribution in [-0.2, 0) is 9.47 Å². The molecule has 0 aromatic rings. The van der Waals surface area contributed by atoms with Crippen LogP contribution in [0.25, 0.3) is 0 Å². The van der Waals surface area contributed by atoms with Gasteiger partial charge in [-0.1, -0.05) is 0 Å². The normalized spacial score (nSPS) is 17.0. The van der Waals surface area contributed by atoms with Crippen LogP contribution in [0.15, 0.2) is 0 Å². The predicted octanol–water partition coefficient (Wildman–Crippen LogP) is -5.99. The Morgan fingerprint density at radius 3 is 1.56 bits per heavy atom. The van der Waals surface area contributed by atoms with Crippen molar-refractivity contribution in [3.05, 3.63) is 0 Å². The molecule has 1 saturated heterocycles. The van der Waals surface area contributed by atoms with E-state index in [0.717, 1.165) is 13.2 Å². The second kappa shape index (κ2) is 9.65. The molecule has 0 aromatic carbocycles. The van der Waals surface area contributed by atoms with Gasteiger partial charge in [-0.3, -0.25) is 0 Å². The molecule has 0 aromatic heterocycles. The molecule has 1 heterocycles. The molecule has 0 spiro atoms. The summed E-state index contributed by atoms with van der Waals surface area (Å²) in [6, 6.07) is 0. The summed E-state index contributed by atoms with van der Waals surface area (Å²) in [6.45, 7) is 3.43. The summed E-state index contributed by atoms with van der Waals surface area (Å²) in [4.78, 5) is 0. The van der Waals surface area contributed by atoms with Crippen LogP contribution in [0.1, 0.15) is 6.92 Å². The quantitative estimate of drug-likeness (QED) is 0.409. The van der Waals surface area contributed by atoms with Crippen molar-refractivity contribution >= 4 is 23.1 Å². The number of hydrogen-bond acceptors (Lipinski definition) is 2. The van der Waals surface area contributed by atoms with Crippen molar-refractivity contribution in [3.8, 4) is 0 Å². The van der Waals surface area contributed by atoms with Gasteiger partial charge < -0.3 is 43.4 Å². The Morgan fingerprint density at radius 1 is 1.11 bits per heavy atom. The van der Waals surface area contributed by atoms with E-state index in [1.807, 2.05) is 6.92 Å². The third kappa shape index (κ3) is 7.54. The summed E-state index contributed by atoms with van der Waals surface area (Å²) in [6.07, 6.45) is 0.0463. The Hall–Kier alpha value is 1.65. The summed E-state index contributed by atoms with van der Waals surface area (Å²) in [5, 5.41) is 0. The average molecular weight is 272 g/mol. The summed E-state index contributed by atoms with van der Waals surface area (Å²) in [7, 11) is 0. The van der Waals surface area contributed by atoms with E-state index in [2.05, 4.69) is 0 Å². The van der Waals surface area contributed by atoms with Gasteiger partial charge in [0.25, 0.3) is 0 Å². The van der Waals surface area contributed by atoms with Gasteiger partial charge in [0.05, 0.1) is 13.2 Å². The maximum Gasteiger partial charge on any atom is 2.00 e. The second-order valence-corrected chi connectivity index (χ2v) is 1.31. The molecule has 0 bridgehead atoms. The third-order valence-corrected chi connectivity index (χ3v) is 0.788. The van der Waals surface area contributed by atoms with Crippen LogP contribution in [0.5, 0.6) is 0 Å². The zero-order valence-electron chi connectivity index (χ0n) is 5.27. The van der Waals surface area contributed by atoms with Gasteiger partial charge in [0.15, 0.2) is 6.29 Å². The number of halogens is 2. The van der Waals surface area contributed by atoms with Crippen molar-refractivity contribution in [2.45, 2.75) is 13.2 Å². The molecule has 5 heteroatoms. The summed E-state index contributed by atoms with van der Waals surface area (Å²) < 4.78 is 9.86. The van der Waals surface area contributed by atoms with Gasteiger partial charge in [-0.15, -0.1) is 0 Å². The first-order chi connectivity index (χ1) is 2.89. The van der Waals surface area contributed by atoms with Crippen molar-refractivity contribution in [2.75, 3.05) is 13.2 Å². The van der Waals surface area contributed by atoms with E-state index in [1.54, 1.807) is 0 Å². The Kier molecular flexibility index (Phi) is 18.2. The van der Waals surface area contributed by atoms with Crippen molar-refractivity contribution in [1.29, 1.82) is 0 Å². The molecule has 0 atom stereocenters. The van der Waals surface area contributed by atoms with Crippen molar-refractivity contribution in [3.63, 3.8) is 0 Å².